The van der Waals surface area contributed by atoms with E-state index in [1.54, 1.807) is 12.1 Å². The maximum atomic E-state index is 12.9. The van der Waals surface area contributed by atoms with Gasteiger partial charge in [-0.15, -0.1) is 0 Å². The van der Waals surface area contributed by atoms with Gasteiger partial charge >= 0.3 is 0 Å². The van der Waals surface area contributed by atoms with Crippen molar-refractivity contribution in [3.05, 3.63) is 71.4 Å². The molecule has 1 aromatic carbocycles. The molecular formula is C31H39N7O3. The first-order valence-electron chi connectivity index (χ1n) is 14.3. The number of hydrogen-bond acceptors (Lipinski definition) is 8. The average molecular weight is 558 g/mol. The van der Waals surface area contributed by atoms with E-state index in [9.17, 15) is 15.2 Å². The Hall–Kier alpha value is -3.81. The maximum Gasteiger partial charge on any atom is 0.242 e. The summed E-state index contributed by atoms with van der Waals surface area (Å²) in [4.78, 5) is 21.5. The molecule has 0 radical (unpaired) electrons. The van der Waals surface area contributed by atoms with E-state index < -0.39 is 12.1 Å². The number of nitriles is 1. The van der Waals surface area contributed by atoms with Crippen LogP contribution in [0.1, 0.15) is 74.8 Å². The summed E-state index contributed by atoms with van der Waals surface area (Å²) >= 11 is 0. The molecule has 2 aromatic heterocycles. The number of fused-ring (bicyclic) bond motifs is 1. The number of carbonyl (C=O) groups excluding carboxylic acids is 1. The second-order valence-electron chi connectivity index (χ2n) is 12.6. The molecule has 3 aromatic rings. The number of nitrogens with one attached hydrogen (secondary N) is 2. The van der Waals surface area contributed by atoms with E-state index in [2.05, 4.69) is 53.6 Å². The van der Waals surface area contributed by atoms with Crippen molar-refractivity contribution in [3.8, 4) is 11.9 Å². The van der Waals surface area contributed by atoms with Crippen LogP contribution in [0.25, 0.3) is 0 Å². The minimum Gasteiger partial charge on any atom is -0.471 e. The van der Waals surface area contributed by atoms with Crippen molar-refractivity contribution in [1.29, 1.82) is 5.26 Å². The molecule has 1 spiro atoms. The quantitative estimate of drug-likeness (QED) is 0.345. The lowest BCUT2D eigenvalue weighted by Gasteiger charge is -2.47. The molecule has 1 saturated carbocycles. The molecule has 10 heteroatoms. The van der Waals surface area contributed by atoms with Crippen molar-refractivity contribution in [2.75, 3.05) is 6.54 Å². The van der Waals surface area contributed by atoms with Crippen LogP contribution in [0.5, 0.6) is 5.88 Å². The lowest BCUT2D eigenvalue weighted by Crippen LogP contribution is -2.52. The number of nitrogens with zero attached hydrogens (tertiary/aromatic N) is 5. The third-order valence-electron chi connectivity index (χ3n) is 7.87. The number of amides is 1. The largest absolute Gasteiger partial charge is 0.471 e. The van der Waals surface area contributed by atoms with E-state index in [-0.39, 0.29) is 36.1 Å². The topological polar surface area (TPSA) is 138 Å². The van der Waals surface area contributed by atoms with Gasteiger partial charge in [0.2, 0.25) is 11.8 Å². The minimum atomic E-state index is -0.894. The highest BCUT2D eigenvalue weighted by molar-refractivity contribution is 5.76. The molecular weight excluding hydrogens is 518 g/mol. The highest BCUT2D eigenvalue weighted by Crippen LogP contribution is 2.48. The summed E-state index contributed by atoms with van der Waals surface area (Å²) in [6.45, 7) is 6.88. The summed E-state index contributed by atoms with van der Waals surface area (Å²) in [5.74, 6) is 0.392. The van der Waals surface area contributed by atoms with Crippen LogP contribution in [0, 0.1) is 16.7 Å². The van der Waals surface area contributed by atoms with E-state index in [0.29, 0.717) is 17.9 Å². The number of ether oxygens (including phenoxy) is 1. The van der Waals surface area contributed by atoms with Crippen LogP contribution in [0.3, 0.4) is 0 Å². The van der Waals surface area contributed by atoms with Gasteiger partial charge in [0.1, 0.15) is 24.8 Å². The molecule has 0 saturated heterocycles. The van der Waals surface area contributed by atoms with Gasteiger partial charge in [0, 0.05) is 30.8 Å². The number of aliphatic hydroxyl groups is 1. The number of pyridine rings is 1. The fourth-order valence-electron chi connectivity index (χ4n) is 5.77. The third-order valence-corrected chi connectivity index (χ3v) is 7.87. The van der Waals surface area contributed by atoms with E-state index in [1.165, 1.54) is 17.3 Å². The zero-order valence-corrected chi connectivity index (χ0v) is 24.0. The lowest BCUT2D eigenvalue weighted by atomic mass is 9.73. The maximum absolute atomic E-state index is 12.9. The summed E-state index contributed by atoms with van der Waals surface area (Å²) in [5, 5.41) is 31.4. The molecule has 0 bridgehead atoms. The van der Waals surface area contributed by atoms with Gasteiger partial charge in [0.15, 0.2) is 0 Å². The number of aromatic nitrogens is 4. The van der Waals surface area contributed by atoms with Gasteiger partial charge in [-0.25, -0.2) is 14.6 Å². The van der Waals surface area contributed by atoms with Crippen molar-refractivity contribution in [2.45, 2.75) is 89.6 Å². The van der Waals surface area contributed by atoms with Crippen LogP contribution < -0.4 is 15.4 Å². The summed E-state index contributed by atoms with van der Waals surface area (Å²) in [5.41, 5.74) is 3.48. The second kappa shape index (κ2) is 12.0. The van der Waals surface area contributed by atoms with Crippen molar-refractivity contribution in [1.82, 2.24) is 30.4 Å². The molecule has 2 aliphatic rings. The molecule has 1 fully saturated rings. The Morgan fingerprint density at radius 2 is 2.12 bits per heavy atom. The lowest BCUT2D eigenvalue weighted by molar-refractivity contribution is -0.123. The summed E-state index contributed by atoms with van der Waals surface area (Å²) in [7, 11) is 0. The van der Waals surface area contributed by atoms with Gasteiger partial charge in [-0.3, -0.25) is 4.79 Å². The molecule has 3 atom stereocenters. The predicted octanol–water partition coefficient (Wildman–Crippen LogP) is 3.26. The van der Waals surface area contributed by atoms with E-state index in [4.69, 9.17) is 9.72 Å². The zero-order chi connectivity index (χ0) is 29.0. The normalized spacial score (nSPS) is 18.9. The Morgan fingerprint density at radius 1 is 1.29 bits per heavy atom. The Balaban J connectivity index is 1.33. The third kappa shape index (κ3) is 7.29. The molecule has 41 heavy (non-hydrogen) atoms. The molecule has 3 heterocycles. The van der Waals surface area contributed by atoms with Crippen LogP contribution in [0.4, 0.5) is 0 Å². The molecule has 0 unspecified atom stereocenters. The van der Waals surface area contributed by atoms with Crippen molar-refractivity contribution in [2.24, 2.45) is 5.41 Å². The number of hydrogen-bond donors (Lipinski definition) is 3. The van der Waals surface area contributed by atoms with Crippen LogP contribution in [-0.2, 0) is 24.2 Å². The molecule has 1 amide bonds. The van der Waals surface area contributed by atoms with Crippen LogP contribution in [0.2, 0.25) is 0 Å². The smallest absolute Gasteiger partial charge is 0.242 e. The average Bonchev–Trinajstić information content (AvgIpc) is 3.42. The van der Waals surface area contributed by atoms with Gasteiger partial charge in [-0.05, 0) is 66.8 Å². The zero-order valence-electron chi connectivity index (χ0n) is 24.0. The first kappa shape index (κ1) is 28.7. The Labute approximate surface area is 241 Å². The van der Waals surface area contributed by atoms with E-state index >= 15 is 0 Å². The summed E-state index contributed by atoms with van der Waals surface area (Å²) in [6, 6.07) is 11.0. The Bertz CT molecular complexity index is 1390. The van der Waals surface area contributed by atoms with Crippen LogP contribution >= 0.6 is 0 Å². The van der Waals surface area contributed by atoms with Crippen molar-refractivity contribution >= 4 is 5.91 Å². The van der Waals surface area contributed by atoms with Crippen molar-refractivity contribution < 1.29 is 14.6 Å². The molecule has 1 aliphatic carbocycles. The first-order chi connectivity index (χ1) is 19.6. The molecule has 10 nitrogen and oxygen atoms in total. The van der Waals surface area contributed by atoms with Crippen LogP contribution in [-0.4, -0.2) is 55.1 Å². The standard InChI is InChI=1S/C31H39N7O3/c1-30(2,3)13-23-11-24-26(14-31(8-5-9-31)41-29(24)35-16-23)34-17-27(39)25(12-21-6-4-7-22(10-21)15-32)37-28(40)18-38-20-33-19-36-38/h4,6-7,10-11,16,19-20,25-27,34,39H,5,8-9,12-14,17-18H2,1-3H3,(H,37,40)/t25-,26-,27+/m0/s1. The van der Waals surface area contributed by atoms with E-state index in [1.807, 2.05) is 18.3 Å². The minimum absolute atomic E-state index is 0.00698. The molecule has 1 aliphatic heterocycles. The van der Waals surface area contributed by atoms with E-state index in [0.717, 1.165) is 48.8 Å². The Morgan fingerprint density at radius 3 is 2.80 bits per heavy atom. The van der Waals surface area contributed by atoms with Gasteiger partial charge in [-0.2, -0.15) is 10.4 Å². The van der Waals surface area contributed by atoms with Gasteiger partial charge in [0.05, 0.1) is 23.8 Å². The number of rotatable bonds is 10. The highest BCUT2D eigenvalue weighted by atomic mass is 16.5. The number of carbonyl (C=O) groups is 1. The van der Waals surface area contributed by atoms with Crippen LogP contribution in [0.15, 0.2) is 49.2 Å². The fourth-order valence-corrected chi connectivity index (χ4v) is 5.77. The Kier molecular flexibility index (Phi) is 8.38. The molecule has 3 N–H and O–H groups in total. The second-order valence-corrected chi connectivity index (χ2v) is 12.6. The monoisotopic (exact) mass is 557 g/mol. The van der Waals surface area contributed by atoms with Crippen molar-refractivity contribution in [3.63, 3.8) is 0 Å². The molecule has 5 rings (SSSR count). The molecule has 216 valence electrons. The summed E-state index contributed by atoms with van der Waals surface area (Å²) < 4.78 is 7.86. The first-order valence-corrected chi connectivity index (χ1v) is 14.3. The van der Waals surface area contributed by atoms with Gasteiger partial charge in [-0.1, -0.05) is 32.9 Å². The summed E-state index contributed by atoms with van der Waals surface area (Å²) in [6.07, 6.45) is 9.07. The van der Waals surface area contributed by atoms with Gasteiger partial charge in [0.25, 0.3) is 0 Å². The predicted molar refractivity (Wildman–Crippen MR) is 153 cm³/mol. The highest BCUT2D eigenvalue weighted by Gasteiger charge is 2.46. The number of aliphatic hydroxyl groups excluding tert-OH is 1. The fraction of sp³-hybridized carbons (Fsp3) is 0.516. The SMILES string of the molecule is CC(C)(C)Cc1cnc2c(c1)[C@@H](NC[C@@H](O)[C@H](Cc1cccc(C#N)c1)NC(=O)Cn1cncn1)CC1(CCC1)O2. The van der Waals surface area contributed by atoms with Gasteiger partial charge < -0.3 is 20.5 Å². The number of benzene rings is 1.